The van der Waals surface area contributed by atoms with Gasteiger partial charge in [0.2, 0.25) is 11.8 Å². The first-order valence-electron chi connectivity index (χ1n) is 11.5. The van der Waals surface area contributed by atoms with E-state index in [1.165, 1.54) is 11.1 Å². The summed E-state index contributed by atoms with van der Waals surface area (Å²) in [6.45, 7) is 4.78. The molecule has 0 saturated carbocycles. The Morgan fingerprint density at radius 1 is 1.03 bits per heavy atom. The number of hydrogen-bond acceptors (Lipinski definition) is 4. The van der Waals surface area contributed by atoms with Gasteiger partial charge in [0.25, 0.3) is 5.91 Å². The molecule has 2 aromatic rings. The number of likely N-dealkylation sites (tertiary alicyclic amines) is 1. The van der Waals surface area contributed by atoms with Crippen molar-refractivity contribution in [2.24, 2.45) is 0 Å². The van der Waals surface area contributed by atoms with Crippen LogP contribution in [0.2, 0.25) is 0 Å². The van der Waals surface area contributed by atoms with Crippen molar-refractivity contribution in [2.45, 2.75) is 63.7 Å². The first kappa shape index (κ1) is 20.9. The average molecular weight is 432 g/mol. The zero-order valence-electron chi connectivity index (χ0n) is 18.4. The van der Waals surface area contributed by atoms with Gasteiger partial charge >= 0.3 is 0 Å². The quantitative estimate of drug-likeness (QED) is 0.755. The molecule has 2 aromatic carbocycles. The molecular formula is C26H29N3O3. The number of nitrogens with zero attached hydrogens (tertiary/aromatic N) is 2. The summed E-state index contributed by atoms with van der Waals surface area (Å²) >= 11 is 0. The van der Waals surface area contributed by atoms with Crippen LogP contribution in [0.3, 0.4) is 0 Å². The topological polar surface area (TPSA) is 69.7 Å². The summed E-state index contributed by atoms with van der Waals surface area (Å²) in [5, 5.41) is 2.37. The summed E-state index contributed by atoms with van der Waals surface area (Å²) in [7, 11) is 0. The highest BCUT2D eigenvalue weighted by Gasteiger charge is 2.39. The van der Waals surface area contributed by atoms with E-state index in [1.54, 1.807) is 4.90 Å². The third kappa shape index (κ3) is 3.95. The average Bonchev–Trinajstić information content (AvgIpc) is 3.11. The maximum Gasteiger partial charge on any atom is 0.255 e. The summed E-state index contributed by atoms with van der Waals surface area (Å²) in [5.41, 5.74) is 4.32. The predicted molar refractivity (Wildman–Crippen MR) is 121 cm³/mol. The summed E-state index contributed by atoms with van der Waals surface area (Å²) < 4.78 is 0. The van der Waals surface area contributed by atoms with Crippen LogP contribution in [0.5, 0.6) is 0 Å². The number of rotatable bonds is 4. The smallest absolute Gasteiger partial charge is 0.255 e. The van der Waals surface area contributed by atoms with Gasteiger partial charge in [0.1, 0.15) is 6.04 Å². The Labute approximate surface area is 188 Å². The molecule has 166 valence electrons. The molecule has 0 aliphatic carbocycles. The molecule has 0 spiro atoms. The summed E-state index contributed by atoms with van der Waals surface area (Å²) in [4.78, 5) is 40.8. The molecule has 3 aliphatic rings. The Morgan fingerprint density at radius 3 is 2.59 bits per heavy atom. The Bertz CT molecular complexity index is 1050. The van der Waals surface area contributed by atoms with Gasteiger partial charge in [-0.3, -0.25) is 24.6 Å². The molecule has 1 N–H and O–H groups in total. The molecule has 3 aliphatic heterocycles. The van der Waals surface area contributed by atoms with E-state index >= 15 is 0 Å². The molecule has 2 saturated heterocycles. The fourth-order valence-electron chi connectivity index (χ4n) is 5.42. The van der Waals surface area contributed by atoms with Crippen LogP contribution in [-0.4, -0.2) is 46.1 Å². The fraction of sp³-hybridized carbons (Fsp3) is 0.423. The zero-order chi connectivity index (χ0) is 22.2. The lowest BCUT2D eigenvalue weighted by atomic mass is 9.84. The highest BCUT2D eigenvalue weighted by molar-refractivity contribution is 6.05. The third-order valence-electron chi connectivity index (χ3n) is 7.26. The number of imide groups is 1. The third-order valence-corrected chi connectivity index (χ3v) is 7.26. The van der Waals surface area contributed by atoms with Crippen LogP contribution in [0.15, 0.2) is 48.5 Å². The minimum absolute atomic E-state index is 0.105. The first-order chi connectivity index (χ1) is 15.5. The molecule has 5 rings (SSSR count). The summed E-state index contributed by atoms with van der Waals surface area (Å²) in [6, 6.07) is 16.7. The van der Waals surface area contributed by atoms with Crippen LogP contribution in [0.1, 0.15) is 65.6 Å². The van der Waals surface area contributed by atoms with Crippen molar-refractivity contribution in [1.29, 1.82) is 0 Å². The standard InChI is InChI=1S/C26H29N3O3/c1-17-13-20(11-12-28(17)15-18-5-3-2-4-6-18)19-7-8-22-21(14-19)16-29(26(22)32)23-9-10-24(30)27-25(23)31/h2-8,14,17,20,23H,9-13,15-16H2,1H3,(H,27,30,31)/t17-,20?,23?/m1/s1. The fourth-order valence-corrected chi connectivity index (χ4v) is 5.42. The molecule has 2 unspecified atom stereocenters. The van der Waals surface area contributed by atoms with Crippen LogP contribution in [0.25, 0.3) is 0 Å². The van der Waals surface area contributed by atoms with Crippen molar-refractivity contribution < 1.29 is 14.4 Å². The lowest BCUT2D eigenvalue weighted by Gasteiger charge is -2.38. The van der Waals surface area contributed by atoms with Gasteiger partial charge in [0, 0.05) is 31.1 Å². The maximum absolute atomic E-state index is 12.9. The Balaban J connectivity index is 1.26. The number of nitrogens with one attached hydrogen (secondary N) is 1. The van der Waals surface area contributed by atoms with Crippen LogP contribution in [0.4, 0.5) is 0 Å². The molecule has 0 radical (unpaired) electrons. The summed E-state index contributed by atoms with van der Waals surface area (Å²) in [6.07, 6.45) is 2.87. The lowest BCUT2D eigenvalue weighted by molar-refractivity contribution is -0.136. The van der Waals surface area contributed by atoms with E-state index in [0.29, 0.717) is 30.5 Å². The second kappa shape index (κ2) is 8.51. The van der Waals surface area contributed by atoms with Gasteiger partial charge < -0.3 is 4.90 Å². The van der Waals surface area contributed by atoms with Crippen molar-refractivity contribution in [3.8, 4) is 0 Å². The van der Waals surface area contributed by atoms with E-state index in [-0.39, 0.29) is 24.1 Å². The maximum atomic E-state index is 12.9. The van der Waals surface area contributed by atoms with Gasteiger partial charge in [-0.2, -0.15) is 0 Å². The molecule has 6 nitrogen and oxygen atoms in total. The second-order valence-electron chi connectivity index (χ2n) is 9.34. The van der Waals surface area contributed by atoms with Crippen LogP contribution in [0, 0.1) is 0 Å². The zero-order valence-corrected chi connectivity index (χ0v) is 18.4. The van der Waals surface area contributed by atoms with E-state index < -0.39 is 6.04 Å². The molecule has 0 aromatic heterocycles. The van der Waals surface area contributed by atoms with E-state index in [2.05, 4.69) is 59.6 Å². The van der Waals surface area contributed by atoms with Gasteiger partial charge in [-0.15, -0.1) is 0 Å². The number of hydrogen-bond donors (Lipinski definition) is 1. The lowest BCUT2D eigenvalue weighted by Crippen LogP contribution is -2.52. The number of carbonyl (C=O) groups excluding carboxylic acids is 3. The van der Waals surface area contributed by atoms with E-state index in [9.17, 15) is 14.4 Å². The molecule has 3 heterocycles. The number of benzene rings is 2. The highest BCUT2D eigenvalue weighted by atomic mass is 16.2. The Hall–Kier alpha value is -2.99. The van der Waals surface area contributed by atoms with Crippen LogP contribution in [-0.2, 0) is 22.7 Å². The number of piperidine rings is 2. The normalized spacial score (nSPS) is 26.2. The van der Waals surface area contributed by atoms with Gasteiger partial charge in [0.05, 0.1) is 0 Å². The van der Waals surface area contributed by atoms with Crippen LogP contribution < -0.4 is 5.32 Å². The molecule has 3 atom stereocenters. The van der Waals surface area contributed by atoms with E-state index in [1.807, 2.05) is 6.07 Å². The largest absolute Gasteiger partial charge is 0.322 e. The van der Waals surface area contributed by atoms with Crippen molar-refractivity contribution >= 4 is 17.7 Å². The monoisotopic (exact) mass is 431 g/mol. The molecule has 6 heteroatoms. The van der Waals surface area contributed by atoms with E-state index in [4.69, 9.17) is 0 Å². The van der Waals surface area contributed by atoms with Gasteiger partial charge in [-0.1, -0.05) is 42.5 Å². The van der Waals surface area contributed by atoms with Crippen molar-refractivity contribution in [3.63, 3.8) is 0 Å². The van der Waals surface area contributed by atoms with Crippen molar-refractivity contribution in [3.05, 3.63) is 70.8 Å². The number of amides is 3. The Morgan fingerprint density at radius 2 is 1.84 bits per heavy atom. The predicted octanol–water partition coefficient (Wildman–Crippen LogP) is 3.22. The van der Waals surface area contributed by atoms with Crippen molar-refractivity contribution in [1.82, 2.24) is 15.1 Å². The highest BCUT2D eigenvalue weighted by Crippen LogP contribution is 2.35. The van der Waals surface area contributed by atoms with Gasteiger partial charge in [-0.05, 0) is 61.4 Å². The number of fused-ring (bicyclic) bond motifs is 1. The second-order valence-corrected chi connectivity index (χ2v) is 9.34. The SMILES string of the molecule is C[C@@H]1CC(c2ccc3c(c2)CN(C2CCC(=O)NC2=O)C3=O)CCN1Cc1ccccc1. The van der Waals surface area contributed by atoms with Crippen molar-refractivity contribution in [2.75, 3.05) is 6.54 Å². The Kier molecular flexibility index (Phi) is 5.55. The van der Waals surface area contributed by atoms with Gasteiger partial charge in [0.15, 0.2) is 0 Å². The van der Waals surface area contributed by atoms with Crippen LogP contribution >= 0.6 is 0 Å². The van der Waals surface area contributed by atoms with Gasteiger partial charge in [-0.25, -0.2) is 0 Å². The molecule has 32 heavy (non-hydrogen) atoms. The summed E-state index contributed by atoms with van der Waals surface area (Å²) in [5.74, 6) is -0.248. The minimum Gasteiger partial charge on any atom is -0.322 e. The molecule has 0 bridgehead atoms. The first-order valence-corrected chi connectivity index (χ1v) is 11.5. The van der Waals surface area contributed by atoms with E-state index in [0.717, 1.165) is 31.5 Å². The number of carbonyl (C=O) groups is 3. The molecular weight excluding hydrogens is 402 g/mol. The molecule has 3 amide bonds. The minimum atomic E-state index is -0.558. The molecule has 2 fully saturated rings.